The summed E-state index contributed by atoms with van der Waals surface area (Å²) in [4.78, 5) is 65.9. The number of amides is 5. The molecule has 1 aliphatic heterocycles. The number of carbonyl (C=O) groups excluding carboxylic acids is 5. The van der Waals surface area contributed by atoms with Gasteiger partial charge in [-0.15, -0.1) is 0 Å². The molecule has 44 heavy (non-hydrogen) atoms. The van der Waals surface area contributed by atoms with Crippen LogP contribution in [0.3, 0.4) is 0 Å². The second-order valence-electron chi connectivity index (χ2n) is 10.4. The van der Waals surface area contributed by atoms with Gasteiger partial charge in [-0.1, -0.05) is 77.8 Å². The lowest BCUT2D eigenvalue weighted by Crippen LogP contribution is -2.56. The molecular weight excluding hydrogens is 605 g/mol. The third-order valence-electron chi connectivity index (χ3n) is 7.32. The third-order valence-corrected chi connectivity index (χ3v) is 8.06. The first kappa shape index (κ1) is 32.5. The minimum atomic E-state index is -1.01. The van der Waals surface area contributed by atoms with E-state index in [-0.39, 0.29) is 55.5 Å². The largest absolute Gasteiger partial charge is 0.352 e. The Morgan fingerprint density at radius 3 is 2.30 bits per heavy atom. The summed E-state index contributed by atoms with van der Waals surface area (Å²) in [6, 6.07) is 18.2. The zero-order valence-electron chi connectivity index (χ0n) is 23.9. The topological polar surface area (TPSA) is 151 Å². The number of anilines is 1. The molecule has 230 valence electrons. The highest BCUT2D eigenvalue weighted by Gasteiger charge is 2.36. The number of primary amides is 1. The van der Waals surface area contributed by atoms with Crippen LogP contribution in [0.4, 0.5) is 10.5 Å². The van der Waals surface area contributed by atoms with Crippen LogP contribution in [0, 0.1) is 0 Å². The summed E-state index contributed by atoms with van der Waals surface area (Å²) >= 11 is 12.1. The molecule has 0 radical (unpaired) electrons. The Labute approximate surface area is 265 Å². The first-order chi connectivity index (χ1) is 21.1. The lowest BCUT2D eigenvalue weighted by atomic mass is 9.92. The zero-order chi connectivity index (χ0) is 31.6. The summed E-state index contributed by atoms with van der Waals surface area (Å²) in [5, 5.41) is 8.59. The number of hydrogen-bond acceptors (Lipinski definition) is 5. The van der Waals surface area contributed by atoms with E-state index in [4.69, 9.17) is 28.9 Å². The third kappa shape index (κ3) is 8.81. The fourth-order valence-electron chi connectivity index (χ4n) is 5.01. The highest BCUT2D eigenvalue weighted by atomic mass is 35.5. The summed E-state index contributed by atoms with van der Waals surface area (Å²) in [5.41, 5.74) is 7.87. The average molecular weight is 639 g/mol. The molecule has 2 atom stereocenters. The van der Waals surface area contributed by atoms with Gasteiger partial charge in [0, 0.05) is 43.6 Å². The number of nitrogens with one attached hydrogen (secondary N) is 3. The van der Waals surface area contributed by atoms with E-state index in [0.717, 1.165) is 11.1 Å². The second-order valence-corrected chi connectivity index (χ2v) is 11.2. The van der Waals surface area contributed by atoms with Gasteiger partial charge < -0.3 is 26.6 Å². The van der Waals surface area contributed by atoms with Crippen molar-refractivity contribution in [1.82, 2.24) is 15.5 Å². The van der Waals surface area contributed by atoms with Gasteiger partial charge in [0.2, 0.25) is 17.7 Å². The smallest absolute Gasteiger partial charge is 0.312 e. The van der Waals surface area contributed by atoms with Gasteiger partial charge in [0.05, 0.1) is 10.0 Å². The van der Waals surface area contributed by atoms with E-state index in [2.05, 4.69) is 16.0 Å². The fourth-order valence-corrected chi connectivity index (χ4v) is 5.31. The number of urea groups is 1. The molecule has 5 amide bonds. The quantitative estimate of drug-likeness (QED) is 0.170. The molecule has 0 saturated carbocycles. The number of fused-ring (bicyclic) bond motifs is 1. The molecule has 12 heteroatoms. The van der Waals surface area contributed by atoms with Crippen molar-refractivity contribution in [3.8, 4) is 0 Å². The Bertz CT molecular complexity index is 1530. The van der Waals surface area contributed by atoms with E-state index in [9.17, 15) is 24.0 Å². The number of nitrogens with two attached hydrogens (primary N) is 1. The molecule has 10 nitrogen and oxygen atoms in total. The maximum atomic E-state index is 13.8. The van der Waals surface area contributed by atoms with Gasteiger partial charge in [-0.25, -0.2) is 4.79 Å². The van der Waals surface area contributed by atoms with Crippen molar-refractivity contribution in [3.63, 3.8) is 0 Å². The van der Waals surface area contributed by atoms with E-state index in [0.29, 0.717) is 22.7 Å². The van der Waals surface area contributed by atoms with Gasteiger partial charge >= 0.3 is 6.03 Å². The van der Waals surface area contributed by atoms with Crippen LogP contribution in [0.15, 0.2) is 72.8 Å². The number of rotatable bonds is 12. The average Bonchev–Trinajstić information content (AvgIpc) is 3.02. The number of benzene rings is 3. The van der Waals surface area contributed by atoms with Gasteiger partial charge in [-0.2, -0.15) is 0 Å². The van der Waals surface area contributed by atoms with Crippen LogP contribution in [0.5, 0.6) is 0 Å². The van der Waals surface area contributed by atoms with Crippen molar-refractivity contribution in [2.45, 2.75) is 50.7 Å². The van der Waals surface area contributed by atoms with E-state index in [1.165, 1.54) is 17.0 Å². The molecule has 1 heterocycles. The van der Waals surface area contributed by atoms with Gasteiger partial charge in [-0.3, -0.25) is 19.2 Å². The van der Waals surface area contributed by atoms with Gasteiger partial charge in [-0.05, 0) is 42.2 Å². The first-order valence-electron chi connectivity index (χ1n) is 14.2. The molecule has 0 bridgehead atoms. The lowest BCUT2D eigenvalue weighted by molar-refractivity contribution is -0.142. The number of Topliss-reactive ketones (excluding diaryl/α,β-unsaturated/α-hetero) is 1. The molecular formula is C32H33Cl2N5O5. The van der Waals surface area contributed by atoms with Crippen molar-refractivity contribution in [3.05, 3.63) is 99.5 Å². The van der Waals surface area contributed by atoms with Crippen molar-refractivity contribution in [2.24, 2.45) is 5.73 Å². The Kier molecular flexibility index (Phi) is 11.3. The predicted molar refractivity (Wildman–Crippen MR) is 168 cm³/mol. The summed E-state index contributed by atoms with van der Waals surface area (Å²) < 4.78 is 0. The van der Waals surface area contributed by atoms with Gasteiger partial charge in [0.25, 0.3) is 0 Å². The molecule has 0 spiro atoms. The van der Waals surface area contributed by atoms with Crippen LogP contribution in [-0.4, -0.2) is 53.1 Å². The van der Waals surface area contributed by atoms with Crippen LogP contribution in [0.2, 0.25) is 10.0 Å². The SMILES string of the molecule is NC(=O)NCCCC(NC(=O)C1Cc2ccccc2CN1C(=O)CCC(=O)c1ccccc1)C(=O)Nc1ccc(Cl)c(Cl)c1. The van der Waals surface area contributed by atoms with Crippen LogP contribution >= 0.6 is 23.2 Å². The number of carbonyl (C=O) groups is 5. The normalized spacial score (nSPS) is 14.6. The number of halogens is 2. The van der Waals surface area contributed by atoms with Crippen molar-refractivity contribution in [2.75, 3.05) is 11.9 Å². The van der Waals surface area contributed by atoms with Gasteiger partial charge in [0.15, 0.2) is 5.78 Å². The summed E-state index contributed by atoms with van der Waals surface area (Å²) in [7, 11) is 0. The molecule has 2 unspecified atom stereocenters. The maximum absolute atomic E-state index is 13.8. The molecule has 4 rings (SSSR count). The van der Waals surface area contributed by atoms with Crippen LogP contribution in [-0.2, 0) is 27.3 Å². The Morgan fingerprint density at radius 2 is 1.59 bits per heavy atom. The highest BCUT2D eigenvalue weighted by Crippen LogP contribution is 2.26. The molecule has 0 fully saturated rings. The summed E-state index contributed by atoms with van der Waals surface area (Å²) in [6.07, 6.45) is 0.670. The van der Waals surface area contributed by atoms with Crippen molar-refractivity contribution in [1.29, 1.82) is 0 Å². The minimum Gasteiger partial charge on any atom is -0.352 e. The summed E-state index contributed by atoms with van der Waals surface area (Å²) in [6.45, 7) is 0.383. The summed E-state index contributed by atoms with van der Waals surface area (Å²) in [5.74, 6) is -1.54. The van der Waals surface area contributed by atoms with E-state index < -0.39 is 29.9 Å². The molecule has 1 aliphatic rings. The Hall–Kier alpha value is -4.41. The maximum Gasteiger partial charge on any atom is 0.312 e. The minimum absolute atomic E-state index is 0.00310. The lowest BCUT2D eigenvalue weighted by Gasteiger charge is -2.37. The molecule has 0 saturated heterocycles. The Morgan fingerprint density at radius 1 is 0.886 bits per heavy atom. The molecule has 5 N–H and O–H groups in total. The van der Waals surface area contributed by atoms with Crippen LogP contribution in [0.25, 0.3) is 0 Å². The van der Waals surface area contributed by atoms with Crippen LogP contribution in [0.1, 0.15) is 47.2 Å². The van der Waals surface area contributed by atoms with E-state index in [1.807, 2.05) is 30.3 Å². The fraction of sp³-hybridized carbons (Fsp3) is 0.281. The zero-order valence-corrected chi connectivity index (χ0v) is 25.4. The predicted octanol–water partition coefficient (Wildman–Crippen LogP) is 4.48. The van der Waals surface area contributed by atoms with Gasteiger partial charge in [0.1, 0.15) is 12.1 Å². The number of nitrogens with zero attached hydrogens (tertiary/aromatic N) is 1. The Balaban J connectivity index is 1.51. The monoisotopic (exact) mass is 637 g/mol. The number of hydrogen-bond donors (Lipinski definition) is 4. The van der Waals surface area contributed by atoms with Crippen molar-refractivity contribution < 1.29 is 24.0 Å². The second kappa shape index (κ2) is 15.4. The molecule has 0 aromatic heterocycles. The standard InChI is InChI=1S/C32H33Cl2N5O5/c33-24-13-12-23(18-25(24)34)37-30(42)26(11-6-16-36-32(35)44)38-31(43)27-17-21-9-4-5-10-22(21)19-39(27)29(41)15-14-28(40)20-7-2-1-3-8-20/h1-5,7-10,12-13,18,26-27H,6,11,14-17,19H2,(H,37,42)(H,38,43)(H3,35,36,44). The number of ketones is 1. The molecule has 3 aromatic rings. The van der Waals surface area contributed by atoms with Crippen molar-refractivity contribution >= 4 is 58.4 Å². The molecule has 3 aromatic carbocycles. The van der Waals surface area contributed by atoms with E-state index in [1.54, 1.807) is 30.3 Å². The van der Waals surface area contributed by atoms with E-state index >= 15 is 0 Å². The molecule has 0 aliphatic carbocycles. The van der Waals surface area contributed by atoms with Crippen LogP contribution < -0.4 is 21.7 Å². The highest BCUT2D eigenvalue weighted by molar-refractivity contribution is 6.42. The first-order valence-corrected chi connectivity index (χ1v) is 14.9.